The summed E-state index contributed by atoms with van der Waals surface area (Å²) in [5.74, 6) is 0.621. The highest BCUT2D eigenvalue weighted by atomic mass is 32.2. The maximum Gasteiger partial charge on any atom is 0.407 e. The molecular weight excluding hydrogens is 220 g/mol. The van der Waals surface area contributed by atoms with E-state index in [1.807, 2.05) is 6.26 Å². The summed E-state index contributed by atoms with van der Waals surface area (Å²) in [6, 6.07) is -0.234. The van der Waals surface area contributed by atoms with Crippen LogP contribution in [0.4, 0.5) is 9.59 Å². The third-order valence-electron chi connectivity index (χ3n) is 2.36. The summed E-state index contributed by atoms with van der Waals surface area (Å²) in [6.07, 6.45) is -0.0787. The molecular formula is C8H14N2O4S. The van der Waals surface area contributed by atoms with Crippen LogP contribution in [0.1, 0.15) is 0 Å². The predicted molar refractivity (Wildman–Crippen MR) is 56.5 cm³/mol. The van der Waals surface area contributed by atoms with E-state index in [4.69, 9.17) is 10.2 Å². The highest BCUT2D eigenvalue weighted by molar-refractivity contribution is 7.98. The smallest absolute Gasteiger partial charge is 0.407 e. The Bertz CT molecular complexity index is 261. The number of amides is 2. The van der Waals surface area contributed by atoms with Crippen LogP contribution in [0.5, 0.6) is 0 Å². The second kappa shape index (κ2) is 5.11. The molecule has 0 aromatic carbocycles. The molecule has 86 valence electrons. The van der Waals surface area contributed by atoms with E-state index in [9.17, 15) is 9.59 Å². The van der Waals surface area contributed by atoms with Gasteiger partial charge in [0.1, 0.15) is 0 Å². The van der Waals surface area contributed by atoms with E-state index >= 15 is 0 Å². The van der Waals surface area contributed by atoms with E-state index < -0.39 is 12.2 Å². The quantitative estimate of drug-likeness (QED) is 0.734. The number of thioether (sulfide) groups is 1. The number of rotatable bonds is 2. The number of hydrogen-bond donors (Lipinski definition) is 2. The molecule has 7 heteroatoms. The Balaban J connectivity index is 2.64. The van der Waals surface area contributed by atoms with Crippen molar-refractivity contribution in [2.45, 2.75) is 6.04 Å². The zero-order chi connectivity index (χ0) is 11.4. The average molecular weight is 234 g/mol. The normalized spacial score (nSPS) is 21.5. The van der Waals surface area contributed by atoms with Gasteiger partial charge >= 0.3 is 12.2 Å². The van der Waals surface area contributed by atoms with Gasteiger partial charge in [-0.2, -0.15) is 11.8 Å². The van der Waals surface area contributed by atoms with Crippen LogP contribution in [0.3, 0.4) is 0 Å². The summed E-state index contributed by atoms with van der Waals surface area (Å²) in [6.45, 7) is 0.780. The molecule has 0 aliphatic carbocycles. The maximum absolute atomic E-state index is 10.9. The first-order valence-corrected chi connectivity index (χ1v) is 5.92. The van der Waals surface area contributed by atoms with Gasteiger partial charge in [-0.15, -0.1) is 0 Å². The van der Waals surface area contributed by atoms with Crippen molar-refractivity contribution in [2.24, 2.45) is 0 Å². The Morgan fingerprint density at radius 2 is 2.00 bits per heavy atom. The van der Waals surface area contributed by atoms with Crippen LogP contribution in [0.15, 0.2) is 0 Å². The van der Waals surface area contributed by atoms with Crippen molar-refractivity contribution in [1.29, 1.82) is 0 Å². The lowest BCUT2D eigenvalue weighted by atomic mass is 10.2. The summed E-state index contributed by atoms with van der Waals surface area (Å²) < 4.78 is 0. The monoisotopic (exact) mass is 234 g/mol. The van der Waals surface area contributed by atoms with Crippen LogP contribution in [0.2, 0.25) is 0 Å². The zero-order valence-electron chi connectivity index (χ0n) is 8.42. The SMILES string of the molecule is CSCC1CN(C(=O)O)CCN1C(=O)O. The van der Waals surface area contributed by atoms with Crippen molar-refractivity contribution in [3.05, 3.63) is 0 Å². The minimum absolute atomic E-state index is 0.234. The summed E-state index contributed by atoms with van der Waals surface area (Å²) in [4.78, 5) is 24.2. The van der Waals surface area contributed by atoms with Crippen molar-refractivity contribution < 1.29 is 19.8 Å². The van der Waals surface area contributed by atoms with E-state index in [1.54, 1.807) is 0 Å². The minimum atomic E-state index is -0.980. The van der Waals surface area contributed by atoms with Crippen molar-refractivity contribution in [2.75, 3.05) is 31.6 Å². The van der Waals surface area contributed by atoms with Gasteiger partial charge in [0.05, 0.1) is 6.04 Å². The van der Waals surface area contributed by atoms with Crippen LogP contribution >= 0.6 is 11.8 Å². The number of hydrogen-bond acceptors (Lipinski definition) is 3. The number of carbonyl (C=O) groups is 2. The Kier molecular flexibility index (Phi) is 4.07. The molecule has 1 atom stereocenters. The fourth-order valence-corrected chi connectivity index (χ4v) is 2.29. The minimum Gasteiger partial charge on any atom is -0.465 e. The molecule has 0 spiro atoms. The maximum atomic E-state index is 10.9. The summed E-state index contributed by atoms with van der Waals surface area (Å²) in [5, 5.41) is 17.7. The van der Waals surface area contributed by atoms with E-state index in [0.29, 0.717) is 5.75 Å². The molecule has 1 fully saturated rings. The molecule has 2 N–H and O–H groups in total. The fourth-order valence-electron chi connectivity index (χ4n) is 1.62. The molecule has 0 aromatic heterocycles. The summed E-state index contributed by atoms with van der Waals surface area (Å²) in [7, 11) is 0. The highest BCUT2D eigenvalue weighted by Crippen LogP contribution is 2.13. The van der Waals surface area contributed by atoms with Gasteiger partial charge in [0.2, 0.25) is 0 Å². The molecule has 1 rings (SSSR count). The number of nitrogens with zero attached hydrogens (tertiary/aromatic N) is 2. The first-order valence-electron chi connectivity index (χ1n) is 4.52. The Labute approximate surface area is 91.8 Å². The molecule has 1 aliphatic heterocycles. The third kappa shape index (κ3) is 2.92. The molecule has 15 heavy (non-hydrogen) atoms. The molecule has 1 unspecified atom stereocenters. The third-order valence-corrected chi connectivity index (χ3v) is 3.08. The predicted octanol–water partition coefficient (Wildman–Crippen LogP) is 0.692. The van der Waals surface area contributed by atoms with Gasteiger partial charge in [0.25, 0.3) is 0 Å². The van der Waals surface area contributed by atoms with Crippen LogP contribution in [0.25, 0.3) is 0 Å². The molecule has 0 radical (unpaired) electrons. The first-order chi connectivity index (χ1) is 7.06. The molecule has 0 bridgehead atoms. The first kappa shape index (κ1) is 12.0. The van der Waals surface area contributed by atoms with Crippen LogP contribution in [-0.2, 0) is 0 Å². The van der Waals surface area contributed by atoms with E-state index in [1.165, 1.54) is 21.6 Å². The molecule has 0 saturated carbocycles. The Morgan fingerprint density at radius 3 is 2.47 bits per heavy atom. The van der Waals surface area contributed by atoms with Gasteiger partial charge in [0, 0.05) is 25.4 Å². The van der Waals surface area contributed by atoms with Crippen molar-refractivity contribution in [1.82, 2.24) is 9.80 Å². The van der Waals surface area contributed by atoms with Gasteiger partial charge in [-0.3, -0.25) is 0 Å². The molecule has 2 amide bonds. The lowest BCUT2D eigenvalue weighted by molar-refractivity contribution is 0.0706. The lowest BCUT2D eigenvalue weighted by Gasteiger charge is -2.38. The van der Waals surface area contributed by atoms with Crippen LogP contribution in [0, 0.1) is 0 Å². The zero-order valence-corrected chi connectivity index (χ0v) is 9.24. The largest absolute Gasteiger partial charge is 0.465 e. The number of piperazine rings is 1. The summed E-state index contributed by atoms with van der Waals surface area (Å²) >= 11 is 1.52. The van der Waals surface area contributed by atoms with Crippen LogP contribution < -0.4 is 0 Å². The van der Waals surface area contributed by atoms with Gasteiger partial charge in [-0.25, -0.2) is 9.59 Å². The van der Waals surface area contributed by atoms with Crippen molar-refractivity contribution in [3.63, 3.8) is 0 Å². The van der Waals surface area contributed by atoms with Gasteiger partial charge in [-0.1, -0.05) is 0 Å². The number of carboxylic acid groups (broad SMARTS) is 2. The second-order valence-corrected chi connectivity index (χ2v) is 4.22. The highest BCUT2D eigenvalue weighted by Gasteiger charge is 2.31. The van der Waals surface area contributed by atoms with Crippen molar-refractivity contribution in [3.8, 4) is 0 Å². The average Bonchev–Trinajstić information content (AvgIpc) is 2.17. The van der Waals surface area contributed by atoms with E-state index in [0.717, 1.165) is 0 Å². The molecule has 1 heterocycles. The Hall–Kier alpha value is -1.11. The van der Waals surface area contributed by atoms with Gasteiger partial charge < -0.3 is 20.0 Å². The topological polar surface area (TPSA) is 81.1 Å². The second-order valence-electron chi connectivity index (χ2n) is 3.31. The van der Waals surface area contributed by atoms with Crippen molar-refractivity contribution >= 4 is 23.9 Å². The standard InChI is InChI=1S/C8H14N2O4S/c1-15-5-6-4-9(7(11)12)2-3-10(6)8(13)14/h6H,2-5H2,1H3,(H,11,12)(H,13,14). The van der Waals surface area contributed by atoms with Gasteiger partial charge in [-0.05, 0) is 6.26 Å². The van der Waals surface area contributed by atoms with E-state index in [-0.39, 0.29) is 25.7 Å². The molecule has 0 aromatic rings. The molecule has 1 aliphatic rings. The molecule has 6 nitrogen and oxygen atoms in total. The van der Waals surface area contributed by atoms with Crippen LogP contribution in [-0.4, -0.2) is 69.9 Å². The molecule has 1 saturated heterocycles. The summed E-state index contributed by atoms with van der Waals surface area (Å²) in [5.41, 5.74) is 0. The Morgan fingerprint density at radius 1 is 1.33 bits per heavy atom. The fraction of sp³-hybridized carbons (Fsp3) is 0.750. The lowest BCUT2D eigenvalue weighted by Crippen LogP contribution is -2.57. The van der Waals surface area contributed by atoms with Gasteiger partial charge in [0.15, 0.2) is 0 Å². The van der Waals surface area contributed by atoms with E-state index in [2.05, 4.69) is 0 Å².